The van der Waals surface area contributed by atoms with Gasteiger partial charge in [-0.05, 0) is 19.8 Å². The SMILES string of the molecule is CCn1cc(Nc2ncc(Cl)c(N[C@H]3[C@@H](C(N)=O)[C@@H]4CC[C@H]3O4)n2)cn1. The van der Waals surface area contributed by atoms with Crippen molar-refractivity contribution in [1.29, 1.82) is 0 Å². The van der Waals surface area contributed by atoms with Crippen LogP contribution in [0, 0.1) is 5.92 Å². The average Bonchev–Trinajstić information content (AvgIpc) is 3.33. The summed E-state index contributed by atoms with van der Waals surface area (Å²) in [6.45, 7) is 2.78. The van der Waals surface area contributed by atoms with E-state index in [0.29, 0.717) is 16.8 Å². The third kappa shape index (κ3) is 3.08. The largest absolute Gasteiger partial charge is 0.372 e. The molecule has 9 nitrogen and oxygen atoms in total. The van der Waals surface area contributed by atoms with Crippen molar-refractivity contribution in [3.63, 3.8) is 0 Å². The van der Waals surface area contributed by atoms with Gasteiger partial charge in [0.05, 0.1) is 42.2 Å². The fraction of sp³-hybridized carbons (Fsp3) is 0.500. The number of nitrogens with two attached hydrogens (primary N) is 1. The Kier molecular flexibility index (Phi) is 4.41. The van der Waals surface area contributed by atoms with E-state index in [4.69, 9.17) is 22.1 Å². The van der Waals surface area contributed by atoms with Crippen LogP contribution in [0.1, 0.15) is 19.8 Å². The van der Waals surface area contributed by atoms with Crippen LogP contribution in [0.3, 0.4) is 0 Å². The highest BCUT2D eigenvalue weighted by atomic mass is 35.5. The molecule has 4 N–H and O–H groups in total. The van der Waals surface area contributed by atoms with Gasteiger partial charge in [0.15, 0.2) is 5.82 Å². The summed E-state index contributed by atoms with van der Waals surface area (Å²) in [6, 6.07) is -0.241. The van der Waals surface area contributed by atoms with Crippen LogP contribution in [0.2, 0.25) is 5.02 Å². The normalized spacial score (nSPS) is 26.8. The molecule has 2 aliphatic heterocycles. The molecule has 26 heavy (non-hydrogen) atoms. The third-order valence-electron chi connectivity index (χ3n) is 4.86. The first-order chi connectivity index (χ1) is 12.5. The van der Waals surface area contributed by atoms with Crippen LogP contribution < -0.4 is 16.4 Å². The Labute approximate surface area is 155 Å². The Morgan fingerprint density at radius 2 is 2.23 bits per heavy atom. The number of amides is 1. The number of primary amides is 1. The molecule has 4 atom stereocenters. The van der Waals surface area contributed by atoms with Crippen molar-refractivity contribution in [2.24, 2.45) is 11.7 Å². The number of hydrogen-bond acceptors (Lipinski definition) is 7. The second-order valence-electron chi connectivity index (χ2n) is 6.49. The molecule has 0 unspecified atom stereocenters. The van der Waals surface area contributed by atoms with E-state index in [2.05, 4.69) is 25.7 Å². The Morgan fingerprint density at radius 3 is 2.96 bits per heavy atom. The van der Waals surface area contributed by atoms with Gasteiger partial charge in [0.2, 0.25) is 11.9 Å². The Bertz CT molecular complexity index is 827. The predicted octanol–water partition coefficient (Wildman–Crippen LogP) is 1.53. The highest BCUT2D eigenvalue weighted by Crippen LogP contribution is 2.41. The van der Waals surface area contributed by atoms with Crippen LogP contribution in [-0.2, 0) is 16.1 Å². The number of nitrogens with zero attached hydrogens (tertiary/aromatic N) is 4. The minimum Gasteiger partial charge on any atom is -0.372 e. The van der Waals surface area contributed by atoms with E-state index in [-0.39, 0.29) is 30.1 Å². The van der Waals surface area contributed by atoms with Gasteiger partial charge in [-0.3, -0.25) is 9.48 Å². The lowest BCUT2D eigenvalue weighted by Crippen LogP contribution is -2.45. The maximum atomic E-state index is 11.8. The van der Waals surface area contributed by atoms with Gasteiger partial charge in [-0.2, -0.15) is 10.1 Å². The van der Waals surface area contributed by atoms with Crippen LogP contribution in [0.25, 0.3) is 0 Å². The maximum absolute atomic E-state index is 11.8. The number of ether oxygens (including phenoxy) is 1. The Balaban J connectivity index is 1.54. The highest BCUT2D eigenvalue weighted by Gasteiger charge is 2.52. The smallest absolute Gasteiger partial charge is 0.229 e. The van der Waals surface area contributed by atoms with Crippen LogP contribution in [0.5, 0.6) is 0 Å². The summed E-state index contributed by atoms with van der Waals surface area (Å²) >= 11 is 6.24. The molecule has 2 fully saturated rings. The maximum Gasteiger partial charge on any atom is 0.229 e. The molecule has 0 radical (unpaired) electrons. The van der Waals surface area contributed by atoms with Gasteiger partial charge in [0.1, 0.15) is 5.02 Å². The van der Waals surface area contributed by atoms with Crippen LogP contribution in [0.4, 0.5) is 17.5 Å². The number of aromatic nitrogens is 4. The summed E-state index contributed by atoms with van der Waals surface area (Å²) in [6.07, 6.45) is 6.60. The van der Waals surface area contributed by atoms with E-state index < -0.39 is 0 Å². The van der Waals surface area contributed by atoms with Crippen molar-refractivity contribution in [3.8, 4) is 0 Å². The Morgan fingerprint density at radius 1 is 1.42 bits per heavy atom. The third-order valence-corrected chi connectivity index (χ3v) is 5.14. The summed E-state index contributed by atoms with van der Waals surface area (Å²) in [5.41, 5.74) is 6.34. The molecule has 2 aromatic heterocycles. The van der Waals surface area contributed by atoms with Crippen molar-refractivity contribution < 1.29 is 9.53 Å². The van der Waals surface area contributed by atoms with Gasteiger partial charge in [0, 0.05) is 12.7 Å². The van der Waals surface area contributed by atoms with Gasteiger partial charge in [-0.1, -0.05) is 11.6 Å². The topological polar surface area (TPSA) is 120 Å². The van der Waals surface area contributed by atoms with Crippen molar-refractivity contribution in [3.05, 3.63) is 23.6 Å². The van der Waals surface area contributed by atoms with E-state index in [1.54, 1.807) is 10.9 Å². The number of carbonyl (C=O) groups excluding carboxylic acids is 1. The molecule has 2 aliphatic rings. The molecule has 2 aromatic rings. The van der Waals surface area contributed by atoms with E-state index in [0.717, 1.165) is 25.1 Å². The summed E-state index contributed by atoms with van der Waals surface area (Å²) in [4.78, 5) is 20.5. The summed E-state index contributed by atoms with van der Waals surface area (Å²) in [5.74, 6) is 0.0656. The second kappa shape index (κ2) is 6.73. The van der Waals surface area contributed by atoms with Crippen molar-refractivity contribution in [2.75, 3.05) is 10.6 Å². The van der Waals surface area contributed by atoms with Gasteiger partial charge < -0.3 is 21.1 Å². The lowest BCUT2D eigenvalue weighted by Gasteiger charge is -2.27. The lowest BCUT2D eigenvalue weighted by atomic mass is 9.84. The van der Waals surface area contributed by atoms with Gasteiger partial charge in [-0.25, -0.2) is 4.98 Å². The molecular weight excluding hydrogens is 358 g/mol. The molecule has 0 spiro atoms. The molecule has 10 heteroatoms. The molecule has 138 valence electrons. The van der Waals surface area contributed by atoms with Crippen molar-refractivity contribution in [1.82, 2.24) is 19.7 Å². The van der Waals surface area contributed by atoms with Gasteiger partial charge >= 0.3 is 0 Å². The number of anilines is 3. The summed E-state index contributed by atoms with van der Waals surface area (Å²) < 4.78 is 7.63. The van der Waals surface area contributed by atoms with E-state index in [1.165, 1.54) is 6.20 Å². The number of rotatable bonds is 6. The molecular formula is C16H20ClN7O2. The lowest BCUT2D eigenvalue weighted by molar-refractivity contribution is -0.123. The first-order valence-electron chi connectivity index (χ1n) is 8.58. The number of aryl methyl sites for hydroxylation is 1. The van der Waals surface area contributed by atoms with E-state index in [9.17, 15) is 4.79 Å². The fourth-order valence-corrected chi connectivity index (χ4v) is 3.79. The van der Waals surface area contributed by atoms with Crippen molar-refractivity contribution >= 4 is 35.0 Å². The summed E-state index contributed by atoms with van der Waals surface area (Å²) in [5, 5.41) is 10.9. The Hall–Kier alpha value is -2.39. The molecule has 0 aliphatic carbocycles. The van der Waals surface area contributed by atoms with Crippen molar-refractivity contribution in [2.45, 2.75) is 44.6 Å². The number of carbonyl (C=O) groups is 1. The zero-order valence-electron chi connectivity index (χ0n) is 14.2. The summed E-state index contributed by atoms with van der Waals surface area (Å²) in [7, 11) is 0. The molecule has 4 rings (SSSR count). The quantitative estimate of drug-likeness (QED) is 0.698. The first-order valence-corrected chi connectivity index (χ1v) is 8.96. The van der Waals surface area contributed by atoms with E-state index in [1.807, 2.05) is 13.1 Å². The molecule has 4 heterocycles. The van der Waals surface area contributed by atoms with Crippen LogP contribution >= 0.6 is 11.6 Å². The molecule has 2 bridgehead atoms. The minimum atomic E-state index is -0.390. The average molecular weight is 378 g/mol. The first kappa shape index (κ1) is 17.0. The van der Waals surface area contributed by atoms with Gasteiger partial charge in [-0.15, -0.1) is 0 Å². The number of halogens is 1. The monoisotopic (exact) mass is 377 g/mol. The predicted molar refractivity (Wildman–Crippen MR) is 96.2 cm³/mol. The fourth-order valence-electron chi connectivity index (χ4n) is 3.64. The van der Waals surface area contributed by atoms with Crippen LogP contribution in [0.15, 0.2) is 18.6 Å². The second-order valence-corrected chi connectivity index (χ2v) is 6.90. The molecule has 1 amide bonds. The van der Waals surface area contributed by atoms with E-state index >= 15 is 0 Å². The van der Waals surface area contributed by atoms with Gasteiger partial charge in [0.25, 0.3) is 0 Å². The molecule has 0 saturated carbocycles. The highest BCUT2D eigenvalue weighted by molar-refractivity contribution is 6.32. The minimum absolute atomic E-state index is 0.0669. The number of fused-ring (bicyclic) bond motifs is 2. The van der Waals surface area contributed by atoms with Crippen LogP contribution in [-0.4, -0.2) is 43.9 Å². The molecule has 0 aromatic carbocycles. The molecule has 2 saturated heterocycles. The number of nitrogens with one attached hydrogen (secondary N) is 2. The zero-order valence-corrected chi connectivity index (χ0v) is 15.0. The zero-order chi connectivity index (χ0) is 18.3. The number of hydrogen-bond donors (Lipinski definition) is 3. The standard InChI is InChI=1S/C16H20ClN7O2/c1-2-24-7-8(5-20-24)21-16-19-6-9(17)15(23-16)22-13-11-4-3-10(26-11)12(13)14(18)25/h5-7,10-13H,2-4H2,1H3,(H2,18,25)(H2,19,21,22,23)/t10-,11+,12-,13+/m0/s1.